The molecule has 0 atom stereocenters. The summed E-state index contributed by atoms with van der Waals surface area (Å²) >= 11 is 0. The highest BCUT2D eigenvalue weighted by Crippen LogP contribution is 2.27. The number of ether oxygens (including phenoxy) is 2. The molecule has 31 heavy (non-hydrogen) atoms. The number of carbonyl (C=O) groups excluding carboxylic acids is 1. The molecule has 0 aliphatic rings. The first-order valence-electron chi connectivity index (χ1n) is 10.2. The van der Waals surface area contributed by atoms with E-state index in [9.17, 15) is 4.79 Å². The molecule has 0 aliphatic carbocycles. The van der Waals surface area contributed by atoms with Gasteiger partial charge < -0.3 is 19.2 Å². The maximum absolute atomic E-state index is 12.2. The van der Waals surface area contributed by atoms with Gasteiger partial charge in [0.25, 0.3) is 5.91 Å². The second-order valence-electron chi connectivity index (χ2n) is 7.56. The van der Waals surface area contributed by atoms with Crippen LogP contribution in [0.1, 0.15) is 41.4 Å². The molecule has 0 saturated heterocycles. The minimum Gasteiger partial charge on any atom is -0.497 e. The van der Waals surface area contributed by atoms with Gasteiger partial charge in [0, 0.05) is 30.8 Å². The normalized spacial score (nSPS) is 11.0. The van der Waals surface area contributed by atoms with Crippen molar-refractivity contribution in [2.45, 2.75) is 39.5 Å². The summed E-state index contributed by atoms with van der Waals surface area (Å²) in [6.45, 7) is 5.55. The summed E-state index contributed by atoms with van der Waals surface area (Å²) in [5.41, 5.74) is 2.47. The van der Waals surface area contributed by atoms with Crippen LogP contribution in [0.15, 0.2) is 59.2 Å². The first kappa shape index (κ1) is 22.4. The lowest BCUT2D eigenvalue weighted by Crippen LogP contribution is -2.30. The van der Waals surface area contributed by atoms with E-state index in [-0.39, 0.29) is 17.6 Å². The number of methoxy groups -OCH3 is 2. The Kier molecular flexibility index (Phi) is 7.67. The molecule has 2 aromatic carbocycles. The van der Waals surface area contributed by atoms with E-state index >= 15 is 0 Å². The Bertz CT molecular complexity index is 985. The van der Waals surface area contributed by atoms with Crippen LogP contribution in [0.4, 0.5) is 0 Å². The molecule has 1 N–H and O–H groups in total. The second kappa shape index (κ2) is 10.6. The largest absolute Gasteiger partial charge is 0.497 e. The maximum Gasteiger partial charge on any atom is 0.273 e. The molecule has 1 heterocycles. The number of hydrogen-bond acceptors (Lipinski definition) is 6. The van der Waals surface area contributed by atoms with Crippen LogP contribution >= 0.6 is 0 Å². The number of carbonyl (C=O) groups is 1. The van der Waals surface area contributed by atoms with Gasteiger partial charge in [-0.1, -0.05) is 36.4 Å². The Morgan fingerprint density at radius 2 is 1.84 bits per heavy atom. The minimum absolute atomic E-state index is 0.0322. The molecule has 0 fully saturated rings. The van der Waals surface area contributed by atoms with Gasteiger partial charge in [0.1, 0.15) is 17.8 Å². The average Bonchev–Trinajstić information content (AvgIpc) is 3.23. The lowest BCUT2D eigenvalue weighted by Gasteiger charge is -2.22. The fourth-order valence-electron chi connectivity index (χ4n) is 3.25. The number of rotatable bonds is 10. The van der Waals surface area contributed by atoms with E-state index in [1.807, 2.05) is 50.2 Å². The Morgan fingerprint density at radius 3 is 2.52 bits per heavy atom. The lowest BCUT2D eigenvalue weighted by atomic mass is 10.1. The van der Waals surface area contributed by atoms with Crippen LogP contribution in [-0.4, -0.2) is 36.1 Å². The molecule has 0 bridgehead atoms. The molecular formula is C24H29N3O4. The summed E-state index contributed by atoms with van der Waals surface area (Å²) in [4.78, 5) is 18.8. The standard InChI is InChI=1S/C24H29N3O4/c1-17(2)25-24(28)21-16-31-23(26-21)15-27(13-18-8-6-5-7-9-18)14-19-10-11-20(29-3)12-22(19)30-4/h5-12,16-17H,13-15H2,1-4H3,(H,25,28). The topological polar surface area (TPSA) is 76.8 Å². The van der Waals surface area contributed by atoms with Crippen LogP contribution < -0.4 is 14.8 Å². The Hall–Kier alpha value is -3.32. The maximum atomic E-state index is 12.2. The zero-order chi connectivity index (χ0) is 22.2. The van der Waals surface area contributed by atoms with Gasteiger partial charge in [0.05, 0.1) is 20.8 Å². The molecule has 3 aromatic rings. The van der Waals surface area contributed by atoms with Crippen molar-refractivity contribution in [1.29, 1.82) is 0 Å². The summed E-state index contributed by atoms with van der Waals surface area (Å²) in [7, 11) is 3.28. The lowest BCUT2D eigenvalue weighted by molar-refractivity contribution is 0.0938. The quantitative estimate of drug-likeness (QED) is 0.531. The zero-order valence-electron chi connectivity index (χ0n) is 18.4. The van der Waals surface area contributed by atoms with Gasteiger partial charge >= 0.3 is 0 Å². The van der Waals surface area contributed by atoms with Crippen molar-refractivity contribution >= 4 is 5.91 Å². The third kappa shape index (κ3) is 6.33. The first-order chi connectivity index (χ1) is 15.0. The minimum atomic E-state index is -0.239. The van der Waals surface area contributed by atoms with E-state index in [2.05, 4.69) is 27.3 Å². The molecule has 0 saturated carbocycles. The van der Waals surface area contributed by atoms with E-state index in [0.717, 1.165) is 17.1 Å². The SMILES string of the molecule is COc1ccc(CN(Cc2ccccc2)Cc2nc(C(=O)NC(C)C)co2)c(OC)c1. The monoisotopic (exact) mass is 423 g/mol. The van der Waals surface area contributed by atoms with Gasteiger partial charge in [-0.15, -0.1) is 0 Å². The average molecular weight is 424 g/mol. The number of nitrogens with one attached hydrogen (secondary N) is 1. The van der Waals surface area contributed by atoms with Crippen molar-refractivity contribution in [3.8, 4) is 11.5 Å². The molecule has 3 rings (SSSR count). The fraction of sp³-hybridized carbons (Fsp3) is 0.333. The van der Waals surface area contributed by atoms with Gasteiger partial charge in [-0.25, -0.2) is 4.98 Å². The van der Waals surface area contributed by atoms with Crippen molar-refractivity contribution in [1.82, 2.24) is 15.2 Å². The van der Waals surface area contributed by atoms with Gasteiger partial charge in [-0.3, -0.25) is 9.69 Å². The van der Waals surface area contributed by atoms with E-state index in [1.54, 1.807) is 14.2 Å². The summed E-state index contributed by atoms with van der Waals surface area (Å²) in [5.74, 6) is 1.74. The van der Waals surface area contributed by atoms with Crippen molar-refractivity contribution < 1.29 is 18.7 Å². The van der Waals surface area contributed by atoms with E-state index in [0.29, 0.717) is 25.5 Å². The summed E-state index contributed by atoms with van der Waals surface area (Å²) in [6.07, 6.45) is 1.40. The predicted octanol–water partition coefficient (Wildman–Crippen LogP) is 4.03. The van der Waals surface area contributed by atoms with Crippen molar-refractivity contribution in [2.75, 3.05) is 14.2 Å². The number of amides is 1. The highest BCUT2D eigenvalue weighted by molar-refractivity contribution is 5.92. The summed E-state index contributed by atoms with van der Waals surface area (Å²) in [6, 6.07) is 16.0. The van der Waals surface area contributed by atoms with Crippen LogP contribution in [0.3, 0.4) is 0 Å². The van der Waals surface area contributed by atoms with E-state index in [1.165, 1.54) is 11.8 Å². The van der Waals surface area contributed by atoms with Crippen LogP contribution in [0.5, 0.6) is 11.5 Å². The van der Waals surface area contributed by atoms with Gasteiger partial charge in [-0.05, 0) is 25.5 Å². The van der Waals surface area contributed by atoms with E-state index in [4.69, 9.17) is 13.9 Å². The van der Waals surface area contributed by atoms with Crippen LogP contribution in [0.25, 0.3) is 0 Å². The van der Waals surface area contributed by atoms with Gasteiger partial charge in [0.2, 0.25) is 5.89 Å². The van der Waals surface area contributed by atoms with Gasteiger partial charge in [-0.2, -0.15) is 0 Å². The molecule has 0 aliphatic heterocycles. The zero-order valence-corrected chi connectivity index (χ0v) is 18.4. The van der Waals surface area contributed by atoms with Crippen LogP contribution in [-0.2, 0) is 19.6 Å². The first-order valence-corrected chi connectivity index (χ1v) is 10.2. The van der Waals surface area contributed by atoms with Crippen molar-refractivity contribution in [3.63, 3.8) is 0 Å². The van der Waals surface area contributed by atoms with Gasteiger partial charge in [0.15, 0.2) is 5.69 Å². The molecule has 164 valence electrons. The molecule has 0 radical (unpaired) electrons. The third-order valence-corrected chi connectivity index (χ3v) is 4.70. The van der Waals surface area contributed by atoms with Crippen molar-refractivity contribution in [2.24, 2.45) is 0 Å². The number of aromatic nitrogens is 1. The molecule has 1 amide bonds. The Morgan fingerprint density at radius 1 is 1.06 bits per heavy atom. The Balaban J connectivity index is 1.81. The van der Waals surface area contributed by atoms with Crippen LogP contribution in [0, 0.1) is 0 Å². The third-order valence-electron chi connectivity index (χ3n) is 4.70. The number of benzene rings is 2. The van der Waals surface area contributed by atoms with Crippen LogP contribution in [0.2, 0.25) is 0 Å². The number of hydrogen-bond donors (Lipinski definition) is 1. The molecule has 7 heteroatoms. The predicted molar refractivity (Wildman–Crippen MR) is 118 cm³/mol. The second-order valence-corrected chi connectivity index (χ2v) is 7.56. The molecule has 1 aromatic heterocycles. The highest BCUT2D eigenvalue weighted by Gasteiger charge is 2.17. The number of oxazole rings is 1. The molecule has 0 unspecified atom stereocenters. The fourth-order valence-corrected chi connectivity index (χ4v) is 3.25. The highest BCUT2D eigenvalue weighted by atomic mass is 16.5. The summed E-state index contributed by atoms with van der Waals surface area (Å²) < 4.78 is 16.5. The van der Waals surface area contributed by atoms with E-state index < -0.39 is 0 Å². The molecule has 0 spiro atoms. The smallest absolute Gasteiger partial charge is 0.273 e. The Labute approximate surface area is 183 Å². The number of nitrogens with zero attached hydrogens (tertiary/aromatic N) is 2. The molecule has 7 nitrogen and oxygen atoms in total. The van der Waals surface area contributed by atoms with Crippen molar-refractivity contribution in [3.05, 3.63) is 77.5 Å². The summed E-state index contributed by atoms with van der Waals surface area (Å²) in [5, 5.41) is 2.83. The molecular weight excluding hydrogens is 394 g/mol.